The molecule has 0 spiro atoms. The maximum atomic E-state index is 14.6. The molecule has 1 unspecified atom stereocenters. The number of hydrogen-bond acceptors (Lipinski definition) is 2. The van der Waals surface area contributed by atoms with Crippen LogP contribution in [0.4, 0.5) is 5.69 Å². The molecule has 1 aliphatic heterocycles. The summed E-state index contributed by atoms with van der Waals surface area (Å²) in [5, 5.41) is 2.68. The van der Waals surface area contributed by atoms with Crippen LogP contribution in [0.15, 0.2) is 78.9 Å². The smallest absolute Gasteiger partial charge is 0.171 e. The second-order valence-corrected chi connectivity index (χ2v) is 10.8. The van der Waals surface area contributed by atoms with Crippen LogP contribution in [0.2, 0.25) is 0 Å². The number of anilines is 1. The predicted octanol–water partition coefficient (Wildman–Crippen LogP) is 4.44. The SMILES string of the molecule is CC1N(C)c2ccc(P(=O)(c3ccccc3)c3ccccc3)cc2C1(C)C. The standard InChI is InChI=1S/C24H26NOP/c1-18-24(2,3)22-17-21(15-16-23(22)25(18)4)27(26,19-11-7-5-8-12-19)20-13-9-6-10-14-20/h5-18H,1-4H3. The summed E-state index contributed by atoms with van der Waals surface area (Å²) < 4.78 is 14.6. The fourth-order valence-electron chi connectivity index (χ4n) is 4.18. The van der Waals surface area contributed by atoms with Crippen LogP contribution in [0.3, 0.4) is 0 Å². The highest BCUT2D eigenvalue weighted by atomic mass is 31.2. The number of nitrogens with zero attached hydrogens (tertiary/aromatic N) is 1. The van der Waals surface area contributed by atoms with Gasteiger partial charge in [0.1, 0.15) is 0 Å². The Kier molecular flexibility index (Phi) is 4.28. The molecule has 0 amide bonds. The highest BCUT2D eigenvalue weighted by molar-refractivity contribution is 7.85. The molecule has 3 aromatic rings. The van der Waals surface area contributed by atoms with E-state index in [0.717, 1.165) is 15.9 Å². The maximum absolute atomic E-state index is 14.6. The van der Waals surface area contributed by atoms with Crippen molar-refractivity contribution in [3.63, 3.8) is 0 Å². The topological polar surface area (TPSA) is 20.3 Å². The third-order valence-corrected chi connectivity index (χ3v) is 9.34. The molecule has 0 aromatic heterocycles. The monoisotopic (exact) mass is 375 g/mol. The van der Waals surface area contributed by atoms with E-state index >= 15 is 0 Å². The van der Waals surface area contributed by atoms with E-state index in [2.05, 4.69) is 50.9 Å². The van der Waals surface area contributed by atoms with Crippen molar-refractivity contribution in [1.29, 1.82) is 0 Å². The first-order valence-electron chi connectivity index (χ1n) is 9.46. The van der Waals surface area contributed by atoms with Gasteiger partial charge < -0.3 is 9.46 Å². The van der Waals surface area contributed by atoms with Gasteiger partial charge in [-0.2, -0.15) is 0 Å². The van der Waals surface area contributed by atoms with E-state index in [4.69, 9.17) is 0 Å². The van der Waals surface area contributed by atoms with Crippen LogP contribution in [0.1, 0.15) is 26.3 Å². The van der Waals surface area contributed by atoms with Crippen molar-refractivity contribution >= 4 is 28.7 Å². The van der Waals surface area contributed by atoms with Crippen molar-refractivity contribution in [3.8, 4) is 0 Å². The van der Waals surface area contributed by atoms with Crippen molar-refractivity contribution in [1.82, 2.24) is 0 Å². The number of likely N-dealkylation sites (N-methyl/N-ethyl adjacent to an activating group) is 1. The molecule has 138 valence electrons. The van der Waals surface area contributed by atoms with Gasteiger partial charge in [0, 0.05) is 40.1 Å². The number of fused-ring (bicyclic) bond motifs is 1. The summed E-state index contributed by atoms with van der Waals surface area (Å²) in [5.41, 5.74) is 2.53. The highest BCUT2D eigenvalue weighted by Crippen LogP contribution is 2.48. The van der Waals surface area contributed by atoms with Crippen LogP contribution in [0.5, 0.6) is 0 Å². The van der Waals surface area contributed by atoms with Gasteiger partial charge in [0.2, 0.25) is 0 Å². The molecular formula is C24H26NOP. The Hall–Kier alpha value is -2.31. The molecule has 3 aromatic carbocycles. The third-order valence-electron chi connectivity index (χ3n) is 6.28. The largest absolute Gasteiger partial charge is 0.371 e. The minimum absolute atomic E-state index is 0.0122. The summed E-state index contributed by atoms with van der Waals surface area (Å²) in [6.07, 6.45) is 0. The van der Waals surface area contributed by atoms with Gasteiger partial charge in [0.05, 0.1) is 0 Å². The van der Waals surface area contributed by atoms with E-state index < -0.39 is 7.14 Å². The van der Waals surface area contributed by atoms with E-state index in [1.165, 1.54) is 11.3 Å². The molecule has 0 N–H and O–H groups in total. The van der Waals surface area contributed by atoms with Gasteiger partial charge in [-0.3, -0.25) is 0 Å². The van der Waals surface area contributed by atoms with Gasteiger partial charge in [0.15, 0.2) is 7.14 Å². The molecule has 27 heavy (non-hydrogen) atoms. The number of benzene rings is 3. The Morgan fingerprint density at radius 2 is 1.33 bits per heavy atom. The average Bonchev–Trinajstić information content (AvgIpc) is 2.89. The quantitative estimate of drug-likeness (QED) is 0.631. The molecule has 0 saturated heterocycles. The Labute approximate surface area is 162 Å². The van der Waals surface area contributed by atoms with Gasteiger partial charge in [-0.1, -0.05) is 74.5 Å². The van der Waals surface area contributed by atoms with E-state index in [-0.39, 0.29) is 5.41 Å². The molecule has 1 atom stereocenters. The molecule has 0 aliphatic carbocycles. The molecule has 1 heterocycles. The minimum atomic E-state index is -2.92. The maximum Gasteiger partial charge on any atom is 0.171 e. The fraction of sp³-hybridized carbons (Fsp3) is 0.250. The second-order valence-electron chi connectivity index (χ2n) is 7.99. The van der Waals surface area contributed by atoms with Crippen LogP contribution in [-0.4, -0.2) is 13.1 Å². The Morgan fingerprint density at radius 1 is 0.815 bits per heavy atom. The molecular weight excluding hydrogens is 349 g/mol. The summed E-state index contributed by atoms with van der Waals surface area (Å²) in [5.74, 6) is 0. The van der Waals surface area contributed by atoms with Crippen LogP contribution < -0.4 is 20.8 Å². The summed E-state index contributed by atoms with van der Waals surface area (Å²) in [4.78, 5) is 2.33. The number of rotatable bonds is 3. The Bertz CT molecular complexity index is 968. The van der Waals surface area contributed by atoms with Crippen molar-refractivity contribution in [2.45, 2.75) is 32.2 Å². The van der Waals surface area contributed by atoms with Gasteiger partial charge in [-0.25, -0.2) is 0 Å². The molecule has 4 rings (SSSR count). The first-order chi connectivity index (χ1) is 12.9. The van der Waals surface area contributed by atoms with Gasteiger partial charge >= 0.3 is 0 Å². The number of hydrogen-bond donors (Lipinski definition) is 0. The van der Waals surface area contributed by atoms with Crippen molar-refractivity contribution in [2.24, 2.45) is 0 Å². The zero-order valence-corrected chi connectivity index (χ0v) is 17.3. The lowest BCUT2D eigenvalue weighted by Crippen LogP contribution is -2.36. The Morgan fingerprint density at radius 3 is 1.85 bits per heavy atom. The molecule has 0 bridgehead atoms. The van der Waals surface area contributed by atoms with E-state index in [1.807, 2.05) is 60.7 Å². The molecule has 0 radical (unpaired) electrons. The zero-order chi connectivity index (χ0) is 19.2. The molecule has 2 nitrogen and oxygen atoms in total. The van der Waals surface area contributed by atoms with E-state index in [0.29, 0.717) is 6.04 Å². The zero-order valence-electron chi connectivity index (χ0n) is 16.4. The molecule has 0 fully saturated rings. The second kappa shape index (κ2) is 6.39. The molecule has 0 saturated carbocycles. The minimum Gasteiger partial charge on any atom is -0.371 e. The van der Waals surface area contributed by atoms with Gasteiger partial charge in [0.25, 0.3) is 0 Å². The van der Waals surface area contributed by atoms with Crippen LogP contribution in [-0.2, 0) is 9.98 Å². The predicted molar refractivity (Wildman–Crippen MR) is 117 cm³/mol. The fourth-order valence-corrected chi connectivity index (χ4v) is 6.86. The summed E-state index contributed by atoms with van der Waals surface area (Å²) >= 11 is 0. The first-order valence-corrected chi connectivity index (χ1v) is 11.2. The van der Waals surface area contributed by atoms with Gasteiger partial charge in [-0.15, -0.1) is 0 Å². The Balaban J connectivity index is 1.97. The summed E-state index contributed by atoms with van der Waals surface area (Å²) in [6.45, 7) is 6.81. The highest BCUT2D eigenvalue weighted by Gasteiger charge is 2.41. The van der Waals surface area contributed by atoms with Crippen LogP contribution >= 0.6 is 7.14 Å². The lowest BCUT2D eigenvalue weighted by Gasteiger charge is -2.28. The van der Waals surface area contributed by atoms with E-state index in [1.54, 1.807) is 0 Å². The van der Waals surface area contributed by atoms with Crippen LogP contribution in [0.25, 0.3) is 0 Å². The van der Waals surface area contributed by atoms with E-state index in [9.17, 15) is 4.57 Å². The average molecular weight is 375 g/mol. The first kappa shape index (κ1) is 18.1. The van der Waals surface area contributed by atoms with Crippen molar-refractivity contribution in [2.75, 3.05) is 11.9 Å². The lowest BCUT2D eigenvalue weighted by atomic mass is 9.81. The van der Waals surface area contributed by atoms with Crippen molar-refractivity contribution in [3.05, 3.63) is 84.4 Å². The lowest BCUT2D eigenvalue weighted by molar-refractivity contribution is 0.454. The van der Waals surface area contributed by atoms with Crippen molar-refractivity contribution < 1.29 is 4.57 Å². The molecule has 3 heteroatoms. The normalized spacial score (nSPS) is 18.4. The summed E-state index contributed by atoms with van der Waals surface area (Å²) in [6, 6.07) is 26.6. The third kappa shape index (κ3) is 2.66. The molecule has 1 aliphatic rings. The summed E-state index contributed by atoms with van der Waals surface area (Å²) in [7, 11) is -0.778. The van der Waals surface area contributed by atoms with Crippen LogP contribution in [0, 0.1) is 0 Å². The van der Waals surface area contributed by atoms with Gasteiger partial charge in [-0.05, 0) is 30.7 Å².